The molecule has 0 aromatic heterocycles. The van der Waals surface area contributed by atoms with Gasteiger partial charge >= 0.3 is 0 Å². The third-order valence-electron chi connectivity index (χ3n) is 4.92. The molecule has 23 heavy (non-hydrogen) atoms. The van der Waals surface area contributed by atoms with Gasteiger partial charge in [0, 0.05) is 6.54 Å². The zero-order valence-corrected chi connectivity index (χ0v) is 14.6. The highest BCUT2D eigenvalue weighted by atomic mass is 16.8. The summed E-state index contributed by atoms with van der Waals surface area (Å²) in [6.07, 6.45) is 6.37. The quantitative estimate of drug-likeness (QED) is 0.723. The van der Waals surface area contributed by atoms with Crippen molar-refractivity contribution in [1.29, 1.82) is 0 Å². The molecule has 0 aromatic carbocycles. The van der Waals surface area contributed by atoms with Gasteiger partial charge in [0.15, 0.2) is 12.0 Å². The first-order valence-corrected chi connectivity index (χ1v) is 9.09. The summed E-state index contributed by atoms with van der Waals surface area (Å²) in [6.45, 7) is 6.81. The minimum Gasteiger partial charge on any atom is -0.394 e. The standard InChI is InChI=1S/C17H31NO5/c1-4-5-6-7-8-12-9-10-18(23-12)16-15-14(13(11-19)20-16)21-17(2,3)22-15/h12-16,19H,4-11H2,1-3H3. The number of rotatable bonds is 7. The molecular weight excluding hydrogens is 298 g/mol. The Kier molecular flexibility index (Phi) is 5.61. The van der Waals surface area contributed by atoms with Crippen LogP contribution in [0.15, 0.2) is 0 Å². The largest absolute Gasteiger partial charge is 0.394 e. The van der Waals surface area contributed by atoms with Gasteiger partial charge in [-0.2, -0.15) is 5.06 Å². The van der Waals surface area contributed by atoms with Crippen LogP contribution in [0.25, 0.3) is 0 Å². The van der Waals surface area contributed by atoms with E-state index in [0.717, 1.165) is 19.4 Å². The maximum Gasteiger partial charge on any atom is 0.164 e. The fourth-order valence-corrected chi connectivity index (χ4v) is 3.79. The van der Waals surface area contributed by atoms with Crippen LogP contribution in [-0.4, -0.2) is 59.8 Å². The van der Waals surface area contributed by atoms with Crippen molar-refractivity contribution < 1.29 is 24.2 Å². The van der Waals surface area contributed by atoms with E-state index in [1.54, 1.807) is 0 Å². The molecule has 6 heteroatoms. The van der Waals surface area contributed by atoms with Crippen molar-refractivity contribution in [3.8, 4) is 0 Å². The first-order chi connectivity index (χ1) is 11.0. The fraction of sp³-hybridized carbons (Fsp3) is 1.00. The van der Waals surface area contributed by atoms with Crippen LogP contribution < -0.4 is 0 Å². The van der Waals surface area contributed by atoms with Gasteiger partial charge in [-0.05, 0) is 26.7 Å². The average molecular weight is 329 g/mol. The molecule has 3 aliphatic heterocycles. The van der Waals surface area contributed by atoms with Gasteiger partial charge in [-0.25, -0.2) is 0 Å². The molecule has 3 heterocycles. The maximum absolute atomic E-state index is 9.54. The molecule has 0 amide bonds. The summed E-state index contributed by atoms with van der Waals surface area (Å²) in [7, 11) is 0. The topological polar surface area (TPSA) is 60.4 Å². The number of ether oxygens (including phenoxy) is 3. The Hall–Kier alpha value is -0.240. The molecule has 1 N–H and O–H groups in total. The van der Waals surface area contributed by atoms with Gasteiger partial charge in [-0.1, -0.05) is 32.6 Å². The van der Waals surface area contributed by atoms with Gasteiger partial charge in [-0.3, -0.25) is 4.84 Å². The summed E-state index contributed by atoms with van der Waals surface area (Å²) in [4.78, 5) is 6.09. The normalized spacial score (nSPS) is 39.9. The first-order valence-electron chi connectivity index (χ1n) is 9.09. The molecule has 5 unspecified atom stereocenters. The molecule has 5 atom stereocenters. The lowest BCUT2D eigenvalue weighted by atomic mass is 10.1. The summed E-state index contributed by atoms with van der Waals surface area (Å²) in [5.74, 6) is -0.635. The molecule has 0 spiro atoms. The number of hydrogen-bond acceptors (Lipinski definition) is 6. The molecule has 0 aromatic rings. The van der Waals surface area contributed by atoms with E-state index in [1.807, 2.05) is 18.9 Å². The van der Waals surface area contributed by atoms with Crippen molar-refractivity contribution in [2.75, 3.05) is 13.2 Å². The van der Waals surface area contributed by atoms with E-state index in [1.165, 1.54) is 25.7 Å². The molecule has 3 saturated heterocycles. The van der Waals surface area contributed by atoms with Crippen LogP contribution in [-0.2, 0) is 19.0 Å². The second kappa shape index (κ2) is 7.33. The summed E-state index contributed by atoms with van der Waals surface area (Å²) in [5.41, 5.74) is 0. The predicted molar refractivity (Wildman–Crippen MR) is 84.5 cm³/mol. The monoisotopic (exact) mass is 329 g/mol. The Morgan fingerprint density at radius 2 is 1.91 bits per heavy atom. The summed E-state index contributed by atoms with van der Waals surface area (Å²) in [5, 5.41) is 11.4. The van der Waals surface area contributed by atoms with E-state index in [4.69, 9.17) is 19.0 Å². The van der Waals surface area contributed by atoms with Gasteiger partial charge in [-0.15, -0.1) is 0 Å². The second-order valence-corrected chi connectivity index (χ2v) is 7.32. The molecule has 134 valence electrons. The van der Waals surface area contributed by atoms with Gasteiger partial charge in [0.1, 0.15) is 18.3 Å². The molecule has 0 radical (unpaired) electrons. The Morgan fingerprint density at radius 1 is 1.13 bits per heavy atom. The van der Waals surface area contributed by atoms with E-state index in [9.17, 15) is 5.11 Å². The fourth-order valence-electron chi connectivity index (χ4n) is 3.79. The van der Waals surface area contributed by atoms with E-state index >= 15 is 0 Å². The van der Waals surface area contributed by atoms with E-state index in [-0.39, 0.29) is 37.3 Å². The van der Waals surface area contributed by atoms with E-state index in [0.29, 0.717) is 0 Å². The summed E-state index contributed by atoms with van der Waals surface area (Å²) in [6, 6.07) is 0. The van der Waals surface area contributed by atoms with Gasteiger partial charge in [0.05, 0.1) is 12.7 Å². The average Bonchev–Trinajstić information content (AvgIpc) is 3.16. The van der Waals surface area contributed by atoms with E-state index in [2.05, 4.69) is 6.92 Å². The summed E-state index contributed by atoms with van der Waals surface area (Å²) < 4.78 is 17.8. The Morgan fingerprint density at radius 3 is 2.65 bits per heavy atom. The van der Waals surface area contributed by atoms with Crippen LogP contribution in [0.4, 0.5) is 0 Å². The molecule has 0 saturated carbocycles. The van der Waals surface area contributed by atoms with Crippen molar-refractivity contribution in [2.24, 2.45) is 0 Å². The van der Waals surface area contributed by atoms with Gasteiger partial charge in [0.2, 0.25) is 0 Å². The zero-order chi connectivity index (χ0) is 16.4. The third kappa shape index (κ3) is 3.89. The van der Waals surface area contributed by atoms with Gasteiger partial charge < -0.3 is 19.3 Å². The lowest BCUT2D eigenvalue weighted by Gasteiger charge is -2.28. The highest BCUT2D eigenvalue weighted by Crippen LogP contribution is 2.40. The van der Waals surface area contributed by atoms with Crippen molar-refractivity contribution in [1.82, 2.24) is 5.06 Å². The van der Waals surface area contributed by atoms with Crippen molar-refractivity contribution in [3.05, 3.63) is 0 Å². The molecule has 3 rings (SSSR count). The SMILES string of the molecule is CCCCCCC1CCN(C2OC(CO)C3OC(C)(C)OC32)O1. The number of fused-ring (bicyclic) bond motifs is 1. The molecular formula is C17H31NO5. The number of aliphatic hydroxyl groups is 1. The molecule has 0 bridgehead atoms. The van der Waals surface area contributed by atoms with E-state index < -0.39 is 5.79 Å². The van der Waals surface area contributed by atoms with Crippen molar-refractivity contribution >= 4 is 0 Å². The Bertz CT molecular complexity index is 391. The number of nitrogens with zero attached hydrogens (tertiary/aromatic N) is 1. The minimum atomic E-state index is -0.635. The number of aliphatic hydroxyl groups excluding tert-OH is 1. The van der Waals surface area contributed by atoms with Crippen molar-refractivity contribution in [3.63, 3.8) is 0 Å². The first kappa shape index (κ1) is 17.6. The number of hydrogen-bond donors (Lipinski definition) is 1. The highest BCUT2D eigenvalue weighted by Gasteiger charge is 2.57. The van der Waals surface area contributed by atoms with Crippen LogP contribution in [0, 0.1) is 0 Å². The zero-order valence-electron chi connectivity index (χ0n) is 14.6. The van der Waals surface area contributed by atoms with Crippen LogP contribution in [0.1, 0.15) is 59.3 Å². The van der Waals surface area contributed by atoms with Crippen LogP contribution >= 0.6 is 0 Å². The highest BCUT2D eigenvalue weighted by molar-refractivity contribution is 4.97. The van der Waals surface area contributed by atoms with Crippen LogP contribution in [0.2, 0.25) is 0 Å². The Labute approximate surface area is 139 Å². The number of unbranched alkanes of at least 4 members (excludes halogenated alkanes) is 3. The smallest absolute Gasteiger partial charge is 0.164 e. The van der Waals surface area contributed by atoms with Gasteiger partial charge in [0.25, 0.3) is 0 Å². The van der Waals surface area contributed by atoms with Crippen LogP contribution in [0.5, 0.6) is 0 Å². The summed E-state index contributed by atoms with van der Waals surface area (Å²) >= 11 is 0. The second-order valence-electron chi connectivity index (χ2n) is 7.32. The van der Waals surface area contributed by atoms with Crippen molar-refractivity contribution in [2.45, 2.75) is 95.7 Å². The van der Waals surface area contributed by atoms with Crippen LogP contribution in [0.3, 0.4) is 0 Å². The number of hydroxylamine groups is 2. The molecule has 0 aliphatic carbocycles. The predicted octanol–water partition coefficient (Wildman–Crippen LogP) is 2.20. The molecule has 6 nitrogen and oxygen atoms in total. The Balaban J connectivity index is 1.53. The maximum atomic E-state index is 9.54. The minimum absolute atomic E-state index is 0.0641. The molecule has 3 fully saturated rings. The molecule has 3 aliphatic rings. The lowest BCUT2D eigenvalue weighted by Crippen LogP contribution is -2.42. The lowest BCUT2D eigenvalue weighted by molar-refractivity contribution is -0.276. The third-order valence-corrected chi connectivity index (χ3v) is 4.92.